The summed E-state index contributed by atoms with van der Waals surface area (Å²) in [5, 5.41) is 14.7. The van der Waals surface area contributed by atoms with E-state index in [4.69, 9.17) is 0 Å². The van der Waals surface area contributed by atoms with Crippen LogP contribution >= 0.6 is 11.3 Å². The van der Waals surface area contributed by atoms with Gasteiger partial charge < -0.3 is 15.5 Å². The quantitative estimate of drug-likeness (QED) is 0.620. The molecule has 0 spiro atoms. The number of carbonyl (C=O) groups is 2. The Morgan fingerprint density at radius 1 is 1.13 bits per heavy atom. The summed E-state index contributed by atoms with van der Waals surface area (Å²) in [5.41, 5.74) is 2.16. The Hall–Kier alpha value is -3.33. The summed E-state index contributed by atoms with van der Waals surface area (Å²) < 4.78 is 13.3. The van der Waals surface area contributed by atoms with Gasteiger partial charge in [-0.25, -0.2) is 9.18 Å². The van der Waals surface area contributed by atoms with Crippen molar-refractivity contribution in [2.45, 2.75) is 25.7 Å². The third-order valence-corrected chi connectivity index (χ3v) is 6.25. The maximum atomic E-state index is 13.3. The summed E-state index contributed by atoms with van der Waals surface area (Å²) in [4.78, 5) is 26.9. The van der Waals surface area contributed by atoms with E-state index in [0.717, 1.165) is 29.1 Å². The van der Waals surface area contributed by atoms with E-state index in [1.165, 1.54) is 29.5 Å². The van der Waals surface area contributed by atoms with E-state index < -0.39 is 11.7 Å². The van der Waals surface area contributed by atoms with Crippen LogP contribution < -0.4 is 10.6 Å². The van der Waals surface area contributed by atoms with Crippen LogP contribution in [0.3, 0.4) is 0 Å². The van der Waals surface area contributed by atoms with Gasteiger partial charge in [-0.05, 0) is 49.6 Å². The number of hydrogen-bond donors (Lipinski definition) is 2. The van der Waals surface area contributed by atoms with Gasteiger partial charge in [0, 0.05) is 30.4 Å². The molecule has 1 saturated heterocycles. The van der Waals surface area contributed by atoms with Crippen molar-refractivity contribution in [1.29, 1.82) is 0 Å². The van der Waals surface area contributed by atoms with E-state index >= 15 is 0 Å². The fraction of sp³-hybridized carbons (Fsp3) is 0.273. The van der Waals surface area contributed by atoms with Crippen molar-refractivity contribution in [3.63, 3.8) is 0 Å². The molecule has 2 N–H and O–H groups in total. The lowest BCUT2D eigenvalue weighted by atomic mass is 9.99. The van der Waals surface area contributed by atoms with Gasteiger partial charge in [-0.15, -0.1) is 10.2 Å². The van der Waals surface area contributed by atoms with Crippen LogP contribution in [0.15, 0.2) is 48.5 Å². The second-order valence-corrected chi connectivity index (χ2v) is 8.45. The predicted molar refractivity (Wildman–Crippen MR) is 118 cm³/mol. The Balaban J connectivity index is 1.39. The zero-order valence-electron chi connectivity index (χ0n) is 17.0. The number of hydrogen-bond acceptors (Lipinski definition) is 5. The molecule has 0 radical (unpaired) electrons. The van der Waals surface area contributed by atoms with Crippen molar-refractivity contribution in [2.75, 3.05) is 23.7 Å². The summed E-state index contributed by atoms with van der Waals surface area (Å²) in [6.45, 7) is 3.13. The summed E-state index contributed by atoms with van der Waals surface area (Å²) in [6, 6.07) is 13.2. The minimum absolute atomic E-state index is 0.0181. The molecular formula is C22H22FN5O2S. The summed E-state index contributed by atoms with van der Waals surface area (Å²) in [7, 11) is 0. The lowest BCUT2D eigenvalue weighted by Gasteiger charge is -2.31. The van der Waals surface area contributed by atoms with Crippen molar-refractivity contribution in [3.8, 4) is 0 Å². The molecule has 0 unspecified atom stereocenters. The maximum absolute atomic E-state index is 13.3. The largest absolute Gasteiger partial charge is 0.324 e. The van der Waals surface area contributed by atoms with Gasteiger partial charge >= 0.3 is 6.03 Å². The fourth-order valence-electron chi connectivity index (χ4n) is 3.51. The summed E-state index contributed by atoms with van der Waals surface area (Å²) in [6.07, 6.45) is 1.71. The molecule has 1 atom stereocenters. The standard InChI is InChI=1S/C22H22FN5O2S/c1-14-6-2-3-10-18(14)25-22(30)28-11-5-7-15(13-28)20-26-27-21(31-20)19(29)24-17-9-4-8-16(23)12-17/h2-4,6,8-10,12,15H,5,7,11,13H2,1H3,(H,24,29)(H,25,30)/t15-/m0/s1. The third kappa shape index (κ3) is 5.05. The van der Waals surface area contributed by atoms with Crippen molar-refractivity contribution in [3.05, 3.63) is 69.9 Å². The molecule has 4 rings (SSSR count). The predicted octanol–water partition coefficient (Wildman–Crippen LogP) is 4.65. The molecule has 0 saturated carbocycles. The Morgan fingerprint density at radius 2 is 1.97 bits per heavy atom. The number of aryl methyl sites for hydroxylation is 1. The minimum Gasteiger partial charge on any atom is -0.324 e. The number of aromatic nitrogens is 2. The van der Waals surface area contributed by atoms with Gasteiger partial charge in [-0.3, -0.25) is 4.79 Å². The van der Waals surface area contributed by atoms with Gasteiger partial charge in [0.1, 0.15) is 10.8 Å². The summed E-state index contributed by atoms with van der Waals surface area (Å²) in [5.74, 6) is -0.842. The molecule has 2 aromatic carbocycles. The van der Waals surface area contributed by atoms with Gasteiger partial charge in [0.25, 0.3) is 5.91 Å². The number of anilines is 2. The number of urea groups is 1. The number of likely N-dealkylation sites (tertiary alicyclic amines) is 1. The number of nitrogens with one attached hydrogen (secondary N) is 2. The lowest BCUT2D eigenvalue weighted by Crippen LogP contribution is -2.41. The van der Waals surface area contributed by atoms with E-state index in [0.29, 0.717) is 18.8 Å². The van der Waals surface area contributed by atoms with Gasteiger partial charge in [-0.1, -0.05) is 35.6 Å². The first-order chi connectivity index (χ1) is 15.0. The molecule has 3 aromatic rings. The van der Waals surface area contributed by atoms with Gasteiger partial charge in [0.05, 0.1) is 0 Å². The topological polar surface area (TPSA) is 87.2 Å². The monoisotopic (exact) mass is 439 g/mol. The molecule has 0 aliphatic carbocycles. The van der Waals surface area contributed by atoms with Crippen LogP contribution in [0.2, 0.25) is 0 Å². The number of halogens is 1. The number of para-hydroxylation sites is 1. The average Bonchev–Trinajstić information content (AvgIpc) is 3.26. The zero-order chi connectivity index (χ0) is 21.8. The van der Waals surface area contributed by atoms with Gasteiger partial charge in [0.2, 0.25) is 5.01 Å². The third-order valence-electron chi connectivity index (χ3n) is 5.16. The number of benzene rings is 2. The first kappa shape index (κ1) is 20.9. The lowest BCUT2D eigenvalue weighted by molar-refractivity contribution is 0.102. The zero-order valence-corrected chi connectivity index (χ0v) is 17.8. The molecule has 0 bridgehead atoms. The molecular weight excluding hydrogens is 417 g/mol. The van der Waals surface area contributed by atoms with E-state index in [-0.39, 0.29) is 17.0 Å². The van der Waals surface area contributed by atoms with Gasteiger partial charge in [0.15, 0.2) is 0 Å². The van der Waals surface area contributed by atoms with E-state index in [1.54, 1.807) is 11.0 Å². The first-order valence-corrected chi connectivity index (χ1v) is 10.8. The van der Waals surface area contributed by atoms with Crippen LogP contribution in [0, 0.1) is 12.7 Å². The number of piperidine rings is 1. The van der Waals surface area contributed by atoms with E-state index in [9.17, 15) is 14.0 Å². The van der Waals surface area contributed by atoms with Crippen molar-refractivity contribution in [2.24, 2.45) is 0 Å². The molecule has 7 nitrogen and oxygen atoms in total. The second kappa shape index (κ2) is 9.22. The Morgan fingerprint density at radius 3 is 2.77 bits per heavy atom. The van der Waals surface area contributed by atoms with E-state index in [1.807, 2.05) is 31.2 Å². The molecule has 2 heterocycles. The van der Waals surface area contributed by atoms with Crippen molar-refractivity contribution in [1.82, 2.24) is 15.1 Å². The molecule has 31 heavy (non-hydrogen) atoms. The average molecular weight is 440 g/mol. The fourth-order valence-corrected chi connectivity index (χ4v) is 4.38. The highest BCUT2D eigenvalue weighted by Gasteiger charge is 2.28. The normalized spacial score (nSPS) is 16.1. The van der Waals surface area contributed by atoms with Crippen molar-refractivity contribution < 1.29 is 14.0 Å². The number of rotatable bonds is 4. The highest BCUT2D eigenvalue weighted by molar-refractivity contribution is 7.13. The molecule has 1 aromatic heterocycles. The highest BCUT2D eigenvalue weighted by Crippen LogP contribution is 2.30. The number of nitrogens with zero attached hydrogens (tertiary/aromatic N) is 3. The molecule has 1 aliphatic rings. The molecule has 3 amide bonds. The Kier molecular flexibility index (Phi) is 6.22. The van der Waals surface area contributed by atoms with Gasteiger partial charge in [-0.2, -0.15) is 0 Å². The summed E-state index contributed by atoms with van der Waals surface area (Å²) >= 11 is 1.20. The van der Waals surface area contributed by atoms with Crippen LogP contribution in [0.5, 0.6) is 0 Å². The molecule has 1 fully saturated rings. The van der Waals surface area contributed by atoms with Crippen LogP contribution in [0.25, 0.3) is 0 Å². The molecule has 1 aliphatic heterocycles. The van der Waals surface area contributed by atoms with E-state index in [2.05, 4.69) is 20.8 Å². The van der Waals surface area contributed by atoms with Crippen LogP contribution in [-0.4, -0.2) is 40.1 Å². The van der Waals surface area contributed by atoms with Crippen LogP contribution in [0.1, 0.15) is 39.1 Å². The number of amides is 3. The highest BCUT2D eigenvalue weighted by atomic mass is 32.1. The van der Waals surface area contributed by atoms with Crippen LogP contribution in [-0.2, 0) is 0 Å². The second-order valence-electron chi connectivity index (χ2n) is 7.44. The number of carbonyl (C=O) groups excluding carboxylic acids is 2. The smallest absolute Gasteiger partial charge is 0.321 e. The maximum Gasteiger partial charge on any atom is 0.321 e. The SMILES string of the molecule is Cc1ccccc1NC(=O)N1CCC[C@H](c2nnc(C(=O)Nc3cccc(F)c3)s2)C1. The Bertz CT molecular complexity index is 1100. The molecule has 160 valence electrons. The first-order valence-electron chi connectivity index (χ1n) is 10.0. The minimum atomic E-state index is -0.431. The van der Waals surface area contributed by atoms with Crippen LogP contribution in [0.4, 0.5) is 20.6 Å². The van der Waals surface area contributed by atoms with Crippen molar-refractivity contribution >= 4 is 34.6 Å². The Labute approximate surface area is 183 Å². The molecule has 9 heteroatoms.